The number of hydrogen-bond donors (Lipinski definition) is 1. The first-order valence-corrected chi connectivity index (χ1v) is 6.35. The van der Waals surface area contributed by atoms with Crippen molar-refractivity contribution in [3.8, 4) is 0 Å². The molecule has 1 atom stereocenters. The van der Waals surface area contributed by atoms with Crippen molar-refractivity contribution in [1.29, 1.82) is 0 Å². The van der Waals surface area contributed by atoms with Gasteiger partial charge in [0.2, 0.25) is 0 Å². The molecule has 0 aliphatic carbocycles. The van der Waals surface area contributed by atoms with Gasteiger partial charge in [0.1, 0.15) is 6.04 Å². The molecule has 1 aliphatic rings. The molecular weight excluding hydrogens is 260 g/mol. The normalized spacial score (nSPS) is 15.2. The maximum Gasteiger partial charge on any atom is 0.322 e. The average Bonchev–Trinajstić information content (AvgIpc) is 2.71. The van der Waals surface area contributed by atoms with Gasteiger partial charge in [-0.3, -0.25) is 19.3 Å². The minimum Gasteiger partial charge on any atom is -0.468 e. The van der Waals surface area contributed by atoms with Crippen LogP contribution in [0.5, 0.6) is 0 Å². The topological polar surface area (TPSA) is 89.7 Å². The molecule has 20 heavy (non-hydrogen) atoms. The van der Waals surface area contributed by atoms with Crippen molar-refractivity contribution in [2.24, 2.45) is 5.73 Å². The number of carbonyl (C=O) groups excluding carboxylic acids is 3. The molecule has 0 unspecified atom stereocenters. The van der Waals surface area contributed by atoms with Crippen LogP contribution in [0.2, 0.25) is 0 Å². The summed E-state index contributed by atoms with van der Waals surface area (Å²) in [6.07, 6.45) is 0.821. The van der Waals surface area contributed by atoms with Gasteiger partial charge >= 0.3 is 5.97 Å². The second-order valence-electron chi connectivity index (χ2n) is 4.58. The number of hydrogen-bond acceptors (Lipinski definition) is 5. The monoisotopic (exact) mass is 276 g/mol. The molecule has 0 fully saturated rings. The highest BCUT2D eigenvalue weighted by atomic mass is 16.5. The minimum absolute atomic E-state index is 0.247. The largest absolute Gasteiger partial charge is 0.468 e. The summed E-state index contributed by atoms with van der Waals surface area (Å²) >= 11 is 0. The lowest BCUT2D eigenvalue weighted by molar-refractivity contribution is -0.142. The van der Waals surface area contributed by atoms with Crippen LogP contribution in [0, 0.1) is 0 Å². The van der Waals surface area contributed by atoms with Crippen LogP contribution in [0.25, 0.3) is 0 Å². The van der Waals surface area contributed by atoms with Crippen molar-refractivity contribution in [2.75, 3.05) is 13.7 Å². The van der Waals surface area contributed by atoms with Crippen molar-refractivity contribution in [2.45, 2.75) is 18.9 Å². The summed E-state index contributed by atoms with van der Waals surface area (Å²) in [5, 5.41) is 0. The number of nitrogens with two attached hydrogens (primary N) is 1. The zero-order chi connectivity index (χ0) is 14.7. The van der Waals surface area contributed by atoms with Crippen molar-refractivity contribution in [3.63, 3.8) is 0 Å². The molecule has 1 aromatic carbocycles. The van der Waals surface area contributed by atoms with Crippen LogP contribution >= 0.6 is 0 Å². The smallest absolute Gasteiger partial charge is 0.322 e. The van der Waals surface area contributed by atoms with E-state index >= 15 is 0 Å². The van der Waals surface area contributed by atoms with Crippen LogP contribution < -0.4 is 5.73 Å². The summed E-state index contributed by atoms with van der Waals surface area (Å²) < 4.78 is 4.52. The molecule has 1 heterocycles. The lowest BCUT2D eigenvalue weighted by Gasteiger charge is -2.15. The summed E-state index contributed by atoms with van der Waals surface area (Å²) in [6, 6.07) is 5.99. The van der Waals surface area contributed by atoms with Crippen molar-refractivity contribution < 1.29 is 19.1 Å². The van der Waals surface area contributed by atoms with E-state index in [1.54, 1.807) is 24.3 Å². The molecule has 0 aromatic heterocycles. The first-order valence-electron chi connectivity index (χ1n) is 6.35. The summed E-state index contributed by atoms with van der Waals surface area (Å²) in [6.45, 7) is 0.247. The van der Waals surface area contributed by atoms with Crippen LogP contribution in [-0.4, -0.2) is 42.4 Å². The van der Waals surface area contributed by atoms with E-state index in [0.717, 1.165) is 0 Å². The first-order chi connectivity index (χ1) is 9.56. The van der Waals surface area contributed by atoms with Gasteiger partial charge in [-0.15, -0.1) is 0 Å². The second kappa shape index (κ2) is 5.83. The standard InChI is InChI=1S/C14H16N2O4/c1-20-14(19)11(15)7-4-8-16-12(17)9-5-2-3-6-10(9)13(16)18/h2-3,5-6,11H,4,7-8,15H2,1H3/t11-/m0/s1. The van der Waals surface area contributed by atoms with Gasteiger partial charge in [-0.1, -0.05) is 12.1 Å². The molecule has 0 saturated carbocycles. The van der Waals surface area contributed by atoms with E-state index in [0.29, 0.717) is 24.0 Å². The van der Waals surface area contributed by atoms with Crippen molar-refractivity contribution >= 4 is 17.8 Å². The zero-order valence-electron chi connectivity index (χ0n) is 11.2. The Morgan fingerprint density at radius 2 is 1.80 bits per heavy atom. The molecule has 2 N–H and O–H groups in total. The third-order valence-corrected chi connectivity index (χ3v) is 3.28. The van der Waals surface area contributed by atoms with Gasteiger partial charge in [0, 0.05) is 6.54 Å². The number of carbonyl (C=O) groups is 3. The van der Waals surface area contributed by atoms with Gasteiger partial charge in [0.05, 0.1) is 18.2 Å². The van der Waals surface area contributed by atoms with E-state index in [2.05, 4.69) is 4.74 Å². The van der Waals surface area contributed by atoms with Gasteiger partial charge < -0.3 is 10.5 Å². The SMILES string of the molecule is COC(=O)[C@@H](N)CCCN1C(=O)c2ccccc2C1=O. The third-order valence-electron chi connectivity index (χ3n) is 3.28. The van der Waals surface area contributed by atoms with E-state index in [-0.39, 0.29) is 18.4 Å². The summed E-state index contributed by atoms with van der Waals surface area (Å²) in [5.41, 5.74) is 6.45. The number of amides is 2. The Bertz CT molecular complexity index is 521. The molecule has 2 amide bonds. The second-order valence-corrected chi connectivity index (χ2v) is 4.58. The fourth-order valence-corrected chi connectivity index (χ4v) is 2.18. The van der Waals surface area contributed by atoms with Crippen LogP contribution in [0.1, 0.15) is 33.6 Å². The van der Waals surface area contributed by atoms with E-state index in [9.17, 15) is 14.4 Å². The number of ether oxygens (including phenoxy) is 1. The van der Waals surface area contributed by atoms with Crippen LogP contribution in [0.15, 0.2) is 24.3 Å². The van der Waals surface area contributed by atoms with Crippen molar-refractivity contribution in [1.82, 2.24) is 4.90 Å². The molecule has 0 spiro atoms. The maximum atomic E-state index is 12.1. The van der Waals surface area contributed by atoms with Crippen LogP contribution in [-0.2, 0) is 9.53 Å². The van der Waals surface area contributed by atoms with Gasteiger partial charge in [-0.05, 0) is 25.0 Å². The lowest BCUT2D eigenvalue weighted by Crippen LogP contribution is -2.35. The highest BCUT2D eigenvalue weighted by Gasteiger charge is 2.34. The Morgan fingerprint density at radius 3 is 2.30 bits per heavy atom. The number of nitrogens with zero attached hydrogens (tertiary/aromatic N) is 1. The summed E-state index contributed by atoms with van der Waals surface area (Å²) in [5.74, 6) is -1.08. The van der Waals surface area contributed by atoms with Crippen LogP contribution in [0.3, 0.4) is 0 Å². The number of imide groups is 1. The molecule has 106 valence electrons. The van der Waals surface area contributed by atoms with Gasteiger partial charge in [0.15, 0.2) is 0 Å². The molecule has 1 aliphatic heterocycles. The fourth-order valence-electron chi connectivity index (χ4n) is 2.18. The number of benzene rings is 1. The lowest BCUT2D eigenvalue weighted by atomic mass is 10.1. The Hall–Kier alpha value is -2.21. The van der Waals surface area contributed by atoms with Gasteiger partial charge in [-0.25, -0.2) is 0 Å². The van der Waals surface area contributed by atoms with E-state index in [1.165, 1.54) is 12.0 Å². The molecular formula is C14H16N2O4. The predicted octanol–water partition coefficient (Wildman–Crippen LogP) is 0.563. The molecule has 0 radical (unpaired) electrons. The molecule has 0 saturated heterocycles. The zero-order valence-corrected chi connectivity index (χ0v) is 11.2. The number of rotatable bonds is 5. The minimum atomic E-state index is -0.727. The quantitative estimate of drug-likeness (QED) is 0.627. The highest BCUT2D eigenvalue weighted by Crippen LogP contribution is 2.22. The fraction of sp³-hybridized carbons (Fsp3) is 0.357. The molecule has 6 heteroatoms. The summed E-state index contributed by atoms with van der Waals surface area (Å²) in [4.78, 5) is 36.5. The Kier molecular flexibility index (Phi) is 4.14. The molecule has 2 rings (SSSR count). The van der Waals surface area contributed by atoms with Crippen molar-refractivity contribution in [3.05, 3.63) is 35.4 Å². The Labute approximate surface area is 116 Å². The predicted molar refractivity (Wildman–Crippen MR) is 71.0 cm³/mol. The molecule has 0 bridgehead atoms. The highest BCUT2D eigenvalue weighted by molar-refractivity contribution is 6.21. The van der Waals surface area contributed by atoms with E-state index < -0.39 is 12.0 Å². The van der Waals surface area contributed by atoms with Gasteiger partial charge in [-0.2, -0.15) is 0 Å². The average molecular weight is 276 g/mol. The molecule has 1 aromatic rings. The first kappa shape index (κ1) is 14.2. The Balaban J connectivity index is 1.94. The summed E-state index contributed by atoms with van der Waals surface area (Å²) in [7, 11) is 1.27. The van der Waals surface area contributed by atoms with Gasteiger partial charge in [0.25, 0.3) is 11.8 Å². The van der Waals surface area contributed by atoms with E-state index in [1.807, 2.05) is 0 Å². The third kappa shape index (κ3) is 2.55. The molecule has 6 nitrogen and oxygen atoms in total. The maximum absolute atomic E-state index is 12.1. The number of methoxy groups -OCH3 is 1. The van der Waals surface area contributed by atoms with E-state index in [4.69, 9.17) is 5.73 Å². The number of esters is 1. The number of fused-ring (bicyclic) bond motifs is 1. The van der Waals surface area contributed by atoms with Crippen LogP contribution in [0.4, 0.5) is 0 Å². The Morgan fingerprint density at radius 1 is 1.25 bits per heavy atom.